The molecule has 7 nitrogen and oxygen atoms in total. The van der Waals surface area contributed by atoms with E-state index in [1.807, 2.05) is 48.2 Å². The van der Waals surface area contributed by atoms with Crippen LogP contribution in [0.15, 0.2) is 41.7 Å². The summed E-state index contributed by atoms with van der Waals surface area (Å²) in [6.45, 7) is 6.04. The molecule has 3 rings (SSSR count). The summed E-state index contributed by atoms with van der Waals surface area (Å²) in [5.41, 5.74) is 1.83. The number of hydrogen-bond acceptors (Lipinski definition) is 6. The Hall–Kier alpha value is -2.61. The normalized spacial score (nSPS) is 12.1. The average Bonchev–Trinajstić information content (AvgIpc) is 3.16. The van der Waals surface area contributed by atoms with Gasteiger partial charge >= 0.3 is 0 Å². The monoisotopic (exact) mass is 412 g/mol. The quantitative estimate of drug-likeness (QED) is 0.390. The number of nitrogens with zero attached hydrogens (tertiary/aromatic N) is 4. The van der Waals surface area contributed by atoms with Crippen molar-refractivity contribution in [1.82, 2.24) is 25.1 Å². The van der Waals surface area contributed by atoms with Crippen LogP contribution in [0.25, 0.3) is 11.0 Å². The van der Waals surface area contributed by atoms with Gasteiger partial charge in [0.2, 0.25) is 5.91 Å². The van der Waals surface area contributed by atoms with E-state index >= 15 is 0 Å². The maximum Gasteiger partial charge on any atom is 0.227 e. The average molecular weight is 413 g/mol. The van der Waals surface area contributed by atoms with Gasteiger partial charge < -0.3 is 10.6 Å². The molecule has 2 N–H and O–H groups in total. The molecule has 8 heteroatoms. The molecule has 1 unspecified atom stereocenters. The largest absolute Gasteiger partial charge is 0.369 e. The standard InChI is InChI=1S/C21H28N6OS/c1-4-11-22-18-17-14-24-27(19(17)26-21(25-18)29-3)13-12-23-20(28)16(5-2)15-9-7-6-8-10-15/h6-10,14,16H,4-5,11-13H2,1-3H3,(H,23,28)(H,22,25,26). The van der Waals surface area contributed by atoms with E-state index in [9.17, 15) is 4.79 Å². The molecule has 2 aromatic heterocycles. The molecular weight excluding hydrogens is 384 g/mol. The van der Waals surface area contributed by atoms with Crippen molar-refractivity contribution in [3.05, 3.63) is 42.1 Å². The summed E-state index contributed by atoms with van der Waals surface area (Å²) < 4.78 is 1.83. The predicted molar refractivity (Wildman–Crippen MR) is 118 cm³/mol. The van der Waals surface area contributed by atoms with Gasteiger partial charge in [-0.1, -0.05) is 55.9 Å². The van der Waals surface area contributed by atoms with Crippen molar-refractivity contribution >= 4 is 34.5 Å². The number of benzene rings is 1. The van der Waals surface area contributed by atoms with Gasteiger partial charge in [-0.2, -0.15) is 5.10 Å². The van der Waals surface area contributed by atoms with Gasteiger partial charge in [0.1, 0.15) is 5.82 Å². The van der Waals surface area contributed by atoms with E-state index in [4.69, 9.17) is 0 Å². The van der Waals surface area contributed by atoms with Gasteiger partial charge in [-0.3, -0.25) is 4.79 Å². The van der Waals surface area contributed by atoms with Crippen LogP contribution in [0.4, 0.5) is 5.82 Å². The Balaban J connectivity index is 1.69. The molecule has 0 bridgehead atoms. The Bertz CT molecular complexity index is 943. The minimum absolute atomic E-state index is 0.0416. The van der Waals surface area contributed by atoms with Crippen LogP contribution in [0.1, 0.15) is 38.2 Å². The number of carbonyl (C=O) groups is 1. The van der Waals surface area contributed by atoms with E-state index in [1.165, 1.54) is 11.8 Å². The summed E-state index contributed by atoms with van der Waals surface area (Å²) in [7, 11) is 0. The Morgan fingerprint density at radius 2 is 1.97 bits per heavy atom. The topological polar surface area (TPSA) is 84.7 Å². The van der Waals surface area contributed by atoms with Gasteiger partial charge in [0.05, 0.1) is 24.0 Å². The number of fused-ring (bicyclic) bond motifs is 1. The molecular formula is C21H28N6OS. The second kappa shape index (κ2) is 10.2. The first kappa shape index (κ1) is 21.1. The van der Waals surface area contributed by atoms with Crippen molar-refractivity contribution in [2.45, 2.75) is 44.3 Å². The number of aromatic nitrogens is 4. The maximum atomic E-state index is 12.7. The van der Waals surface area contributed by atoms with E-state index in [0.29, 0.717) is 18.2 Å². The highest BCUT2D eigenvalue weighted by atomic mass is 32.2. The fourth-order valence-electron chi connectivity index (χ4n) is 3.23. The fourth-order valence-corrected chi connectivity index (χ4v) is 3.59. The minimum atomic E-state index is -0.138. The fraction of sp³-hybridized carbons (Fsp3) is 0.429. The Labute approximate surface area is 175 Å². The summed E-state index contributed by atoms with van der Waals surface area (Å²) in [4.78, 5) is 21.8. The lowest BCUT2D eigenvalue weighted by molar-refractivity contribution is -0.122. The molecule has 3 aromatic rings. The summed E-state index contributed by atoms with van der Waals surface area (Å²) in [6, 6.07) is 9.90. The molecule has 2 heterocycles. The first-order valence-corrected chi connectivity index (χ1v) is 11.2. The molecule has 1 atom stereocenters. The second-order valence-electron chi connectivity index (χ2n) is 6.75. The highest BCUT2D eigenvalue weighted by Crippen LogP contribution is 2.23. The SMILES string of the molecule is CCCNc1nc(SC)nc2c1cnn2CCNC(=O)C(CC)c1ccccc1. The zero-order chi connectivity index (χ0) is 20.6. The predicted octanol–water partition coefficient (Wildman–Crippen LogP) is 3.68. The van der Waals surface area contributed by atoms with Crippen molar-refractivity contribution in [1.29, 1.82) is 0 Å². The first-order chi connectivity index (χ1) is 14.2. The van der Waals surface area contributed by atoms with Crippen LogP contribution in [0.5, 0.6) is 0 Å². The Kier molecular flexibility index (Phi) is 7.46. The molecule has 29 heavy (non-hydrogen) atoms. The lowest BCUT2D eigenvalue weighted by Gasteiger charge is -2.15. The van der Waals surface area contributed by atoms with Gasteiger partial charge in [-0.15, -0.1) is 0 Å². The molecule has 0 saturated heterocycles. The van der Waals surface area contributed by atoms with E-state index in [0.717, 1.165) is 41.8 Å². The molecule has 154 valence electrons. The third kappa shape index (κ3) is 5.06. The van der Waals surface area contributed by atoms with Crippen molar-refractivity contribution < 1.29 is 4.79 Å². The molecule has 0 saturated carbocycles. The van der Waals surface area contributed by atoms with Crippen LogP contribution in [0.2, 0.25) is 0 Å². The van der Waals surface area contributed by atoms with Crippen LogP contribution in [-0.4, -0.2) is 45.0 Å². The zero-order valence-corrected chi connectivity index (χ0v) is 18.0. The third-order valence-electron chi connectivity index (χ3n) is 4.75. The minimum Gasteiger partial charge on any atom is -0.369 e. The molecule has 0 aliphatic carbocycles. The van der Waals surface area contributed by atoms with Crippen LogP contribution in [-0.2, 0) is 11.3 Å². The van der Waals surface area contributed by atoms with Gasteiger partial charge in [0.15, 0.2) is 10.8 Å². The number of carbonyl (C=O) groups excluding carboxylic acids is 1. The molecule has 0 aliphatic heterocycles. The summed E-state index contributed by atoms with van der Waals surface area (Å²) >= 11 is 1.50. The second-order valence-corrected chi connectivity index (χ2v) is 7.53. The summed E-state index contributed by atoms with van der Waals surface area (Å²) in [5, 5.41) is 12.5. The molecule has 1 aromatic carbocycles. The summed E-state index contributed by atoms with van der Waals surface area (Å²) in [5.74, 6) is 0.715. The molecule has 0 radical (unpaired) electrons. The number of thioether (sulfide) groups is 1. The van der Waals surface area contributed by atoms with E-state index in [-0.39, 0.29) is 11.8 Å². The number of hydrogen-bond donors (Lipinski definition) is 2. The molecule has 0 fully saturated rings. The van der Waals surface area contributed by atoms with Crippen molar-refractivity contribution in [3.63, 3.8) is 0 Å². The van der Waals surface area contributed by atoms with E-state index in [2.05, 4.69) is 32.6 Å². The number of anilines is 1. The van der Waals surface area contributed by atoms with Crippen LogP contribution in [0, 0.1) is 0 Å². The smallest absolute Gasteiger partial charge is 0.227 e. The van der Waals surface area contributed by atoms with E-state index in [1.54, 1.807) is 6.20 Å². The lowest BCUT2D eigenvalue weighted by Crippen LogP contribution is -2.32. The van der Waals surface area contributed by atoms with Crippen molar-refractivity contribution in [2.75, 3.05) is 24.7 Å². The van der Waals surface area contributed by atoms with Crippen LogP contribution >= 0.6 is 11.8 Å². The highest BCUT2D eigenvalue weighted by Gasteiger charge is 2.18. The first-order valence-electron chi connectivity index (χ1n) is 10.0. The Morgan fingerprint density at radius 1 is 1.17 bits per heavy atom. The lowest BCUT2D eigenvalue weighted by atomic mass is 9.96. The van der Waals surface area contributed by atoms with Gasteiger partial charge in [-0.25, -0.2) is 14.6 Å². The number of amides is 1. The Morgan fingerprint density at radius 3 is 2.66 bits per heavy atom. The van der Waals surface area contributed by atoms with Crippen molar-refractivity contribution in [2.24, 2.45) is 0 Å². The van der Waals surface area contributed by atoms with E-state index < -0.39 is 0 Å². The zero-order valence-electron chi connectivity index (χ0n) is 17.2. The molecule has 0 aliphatic rings. The summed E-state index contributed by atoms with van der Waals surface area (Å²) in [6.07, 6.45) is 5.52. The molecule has 1 amide bonds. The van der Waals surface area contributed by atoms with Crippen LogP contribution < -0.4 is 10.6 Å². The highest BCUT2D eigenvalue weighted by molar-refractivity contribution is 7.98. The third-order valence-corrected chi connectivity index (χ3v) is 5.30. The van der Waals surface area contributed by atoms with Gasteiger partial charge in [-0.05, 0) is 24.7 Å². The maximum absolute atomic E-state index is 12.7. The van der Waals surface area contributed by atoms with Crippen LogP contribution in [0.3, 0.4) is 0 Å². The number of nitrogens with one attached hydrogen (secondary N) is 2. The van der Waals surface area contributed by atoms with Gasteiger partial charge in [0.25, 0.3) is 0 Å². The van der Waals surface area contributed by atoms with Crippen molar-refractivity contribution in [3.8, 4) is 0 Å². The molecule has 0 spiro atoms. The van der Waals surface area contributed by atoms with Gasteiger partial charge in [0, 0.05) is 13.1 Å². The number of rotatable bonds is 10.